The van der Waals surface area contributed by atoms with E-state index < -0.39 is 20.3 Å². The zero-order valence-corrected chi connectivity index (χ0v) is 23.1. The number of hydrogen-bond acceptors (Lipinski definition) is 1. The minimum atomic E-state index is -3.06. The average molecular weight is 580 g/mol. The van der Waals surface area contributed by atoms with Crippen molar-refractivity contribution in [2.45, 2.75) is 52.1 Å². The van der Waals surface area contributed by atoms with Crippen molar-refractivity contribution in [1.82, 2.24) is 2.89 Å². The van der Waals surface area contributed by atoms with E-state index in [-0.39, 0.29) is 0 Å². The monoisotopic (exact) mass is 581 g/mol. The standard InChI is InChI=1S/C8H18N.3C7H7.Hf/c1-3-5-7-9-8-6-4-2;3*1-7-5-3-2-4-6-7;/h3-8H2,1-2H3;3*2-6H,1H2;/q-1;;;;+1. The van der Waals surface area contributed by atoms with E-state index in [1.54, 1.807) is 0 Å². The van der Waals surface area contributed by atoms with Gasteiger partial charge in [-0.2, -0.15) is 0 Å². The molecule has 0 heterocycles. The molecular weight excluding hydrogens is 541 g/mol. The van der Waals surface area contributed by atoms with E-state index in [1.807, 2.05) is 0 Å². The molecule has 0 atom stereocenters. The van der Waals surface area contributed by atoms with E-state index in [4.69, 9.17) is 0 Å². The van der Waals surface area contributed by atoms with Gasteiger partial charge in [0.15, 0.2) is 0 Å². The van der Waals surface area contributed by atoms with Gasteiger partial charge in [0, 0.05) is 0 Å². The Morgan fingerprint density at radius 1 is 0.516 bits per heavy atom. The molecule has 0 spiro atoms. The first-order valence-corrected chi connectivity index (χ1v) is 21.4. The van der Waals surface area contributed by atoms with Gasteiger partial charge in [0.1, 0.15) is 0 Å². The fourth-order valence-corrected chi connectivity index (χ4v) is 23.8. The first-order chi connectivity index (χ1) is 15.3. The summed E-state index contributed by atoms with van der Waals surface area (Å²) in [5, 5.41) is 0. The maximum atomic E-state index is 3.06. The van der Waals surface area contributed by atoms with E-state index in [1.165, 1.54) is 68.0 Å². The second-order valence-electron chi connectivity index (χ2n) is 8.91. The van der Waals surface area contributed by atoms with Crippen LogP contribution in [-0.2, 0) is 32.8 Å². The Hall–Kier alpha value is -1.51. The molecule has 164 valence electrons. The molecule has 2 heteroatoms. The molecule has 0 unspecified atom stereocenters. The summed E-state index contributed by atoms with van der Waals surface area (Å²) >= 11 is -3.06. The summed E-state index contributed by atoms with van der Waals surface area (Å²) in [5.74, 6) is 0. The van der Waals surface area contributed by atoms with Gasteiger partial charge in [-0.05, 0) is 0 Å². The second-order valence-corrected chi connectivity index (χ2v) is 23.8. The van der Waals surface area contributed by atoms with Crippen LogP contribution in [0.15, 0.2) is 91.0 Å². The molecule has 3 rings (SSSR count). The number of unbranched alkanes of at least 4 members (excludes halogenated alkanes) is 2. The van der Waals surface area contributed by atoms with E-state index in [9.17, 15) is 0 Å². The number of rotatable bonds is 13. The predicted molar refractivity (Wildman–Crippen MR) is 132 cm³/mol. The van der Waals surface area contributed by atoms with Crippen LogP contribution in [0.25, 0.3) is 0 Å². The van der Waals surface area contributed by atoms with E-state index in [0.717, 1.165) is 0 Å². The molecule has 0 aliphatic rings. The molecule has 0 radical (unpaired) electrons. The Bertz CT molecular complexity index is 738. The molecular formula is C29H39HfN. The average Bonchev–Trinajstić information content (AvgIpc) is 2.81. The van der Waals surface area contributed by atoms with Gasteiger partial charge in [0.2, 0.25) is 0 Å². The van der Waals surface area contributed by atoms with Gasteiger partial charge in [0.05, 0.1) is 0 Å². The number of nitrogens with zero attached hydrogens (tertiary/aromatic N) is 1. The fourth-order valence-electron chi connectivity index (χ4n) is 4.73. The van der Waals surface area contributed by atoms with Crippen LogP contribution in [0.4, 0.5) is 0 Å². The van der Waals surface area contributed by atoms with Crippen LogP contribution in [-0.4, -0.2) is 16.0 Å². The predicted octanol–water partition coefficient (Wildman–Crippen LogP) is 7.56. The third-order valence-electron chi connectivity index (χ3n) is 6.36. The molecule has 0 amide bonds. The molecule has 1 nitrogen and oxygen atoms in total. The molecule has 0 saturated heterocycles. The van der Waals surface area contributed by atoms with Gasteiger partial charge in [-0.1, -0.05) is 0 Å². The summed E-state index contributed by atoms with van der Waals surface area (Å²) in [4.78, 5) is 0. The maximum absolute atomic E-state index is 3.06. The Kier molecular flexibility index (Phi) is 10.2. The number of benzene rings is 3. The first kappa shape index (κ1) is 24.1. The Balaban J connectivity index is 2.06. The molecule has 0 aliphatic heterocycles. The van der Waals surface area contributed by atoms with Crippen LogP contribution < -0.4 is 0 Å². The normalized spacial score (nSPS) is 11.7. The summed E-state index contributed by atoms with van der Waals surface area (Å²) in [6.45, 7) is 7.21. The van der Waals surface area contributed by atoms with E-state index in [0.29, 0.717) is 0 Å². The molecule has 31 heavy (non-hydrogen) atoms. The quantitative estimate of drug-likeness (QED) is 0.189. The third-order valence-corrected chi connectivity index (χ3v) is 24.3. The van der Waals surface area contributed by atoms with Crippen LogP contribution in [0.5, 0.6) is 0 Å². The van der Waals surface area contributed by atoms with Crippen LogP contribution >= 0.6 is 0 Å². The Morgan fingerprint density at radius 3 is 1.13 bits per heavy atom. The van der Waals surface area contributed by atoms with E-state index in [2.05, 4.69) is 108 Å². The summed E-state index contributed by atoms with van der Waals surface area (Å²) in [6, 6.07) is 34.0. The molecule has 0 bridgehead atoms. The summed E-state index contributed by atoms with van der Waals surface area (Å²) in [6.07, 6.45) is 5.16. The van der Waals surface area contributed by atoms with Gasteiger partial charge in [-0.3, -0.25) is 0 Å². The van der Waals surface area contributed by atoms with Gasteiger partial charge >= 0.3 is 196 Å². The molecule has 0 aliphatic carbocycles. The second kappa shape index (κ2) is 13.1. The van der Waals surface area contributed by atoms with Crippen LogP contribution in [0.3, 0.4) is 0 Å². The fraction of sp³-hybridized carbons (Fsp3) is 0.379. The number of hydrogen-bond donors (Lipinski definition) is 0. The Labute approximate surface area is 195 Å². The van der Waals surface area contributed by atoms with Gasteiger partial charge in [-0.25, -0.2) is 0 Å². The van der Waals surface area contributed by atoms with Crippen molar-refractivity contribution >= 4 is 0 Å². The summed E-state index contributed by atoms with van der Waals surface area (Å²) < 4.78 is 6.95. The SMILES string of the molecule is CCCC[N](CCCC)[Hf]([CH2]c1ccccc1)([CH2]c1ccccc1)[CH2]c1ccccc1. The molecule has 3 aromatic carbocycles. The van der Waals surface area contributed by atoms with E-state index >= 15 is 0 Å². The zero-order valence-electron chi connectivity index (χ0n) is 19.5. The minimum absolute atomic E-state index is 1.27. The van der Waals surface area contributed by atoms with Crippen LogP contribution in [0.1, 0.15) is 56.2 Å². The van der Waals surface area contributed by atoms with Crippen molar-refractivity contribution in [2.75, 3.05) is 13.1 Å². The first-order valence-electron chi connectivity index (χ1n) is 12.1. The third kappa shape index (κ3) is 7.54. The van der Waals surface area contributed by atoms with Crippen LogP contribution in [0, 0.1) is 0 Å². The summed E-state index contributed by atoms with van der Waals surface area (Å²) in [7, 11) is 0. The van der Waals surface area contributed by atoms with Gasteiger partial charge < -0.3 is 0 Å². The topological polar surface area (TPSA) is 3.24 Å². The van der Waals surface area contributed by atoms with Crippen molar-refractivity contribution in [2.24, 2.45) is 0 Å². The molecule has 0 aromatic heterocycles. The van der Waals surface area contributed by atoms with Crippen molar-refractivity contribution in [3.8, 4) is 0 Å². The van der Waals surface area contributed by atoms with Gasteiger partial charge in [-0.15, -0.1) is 0 Å². The molecule has 0 N–H and O–H groups in total. The Morgan fingerprint density at radius 2 is 0.839 bits per heavy atom. The van der Waals surface area contributed by atoms with Crippen molar-refractivity contribution in [1.29, 1.82) is 0 Å². The molecule has 0 saturated carbocycles. The van der Waals surface area contributed by atoms with Crippen LogP contribution in [0.2, 0.25) is 0 Å². The van der Waals surface area contributed by atoms with Crippen molar-refractivity contribution < 1.29 is 20.3 Å². The molecule has 0 fully saturated rings. The summed E-state index contributed by atoms with van der Waals surface area (Å²) in [5.41, 5.74) is 4.61. The van der Waals surface area contributed by atoms with Crippen molar-refractivity contribution in [3.05, 3.63) is 108 Å². The van der Waals surface area contributed by atoms with Crippen molar-refractivity contribution in [3.63, 3.8) is 0 Å². The molecule has 3 aromatic rings. The zero-order chi connectivity index (χ0) is 21.8. The van der Waals surface area contributed by atoms with Gasteiger partial charge in [0.25, 0.3) is 0 Å².